The number of carbonyl (C=O) groups is 3. The molecule has 1 unspecified atom stereocenters. The summed E-state index contributed by atoms with van der Waals surface area (Å²) < 4.78 is 0. The van der Waals surface area contributed by atoms with Crippen LogP contribution in [-0.4, -0.2) is 41.7 Å². The molecule has 1 saturated carbocycles. The van der Waals surface area contributed by atoms with Crippen molar-refractivity contribution in [2.75, 3.05) is 14.1 Å². The average Bonchev–Trinajstić information content (AvgIpc) is 3.22. The highest BCUT2D eigenvalue weighted by molar-refractivity contribution is 6.23. The summed E-state index contributed by atoms with van der Waals surface area (Å²) in [5, 5.41) is 19.2. The molecule has 23 heavy (non-hydrogen) atoms. The third kappa shape index (κ3) is 1.39. The molecule has 1 atom stereocenters. The van der Waals surface area contributed by atoms with E-state index < -0.39 is 34.6 Å². The number of benzene rings is 1. The predicted molar refractivity (Wildman–Crippen MR) is 76.2 cm³/mol. The van der Waals surface area contributed by atoms with Crippen LogP contribution in [0.3, 0.4) is 0 Å². The lowest BCUT2D eigenvalue weighted by molar-refractivity contribution is -0.151. The SMILES string of the molecule is CN1C(=O)N(C)C(=O)C2(C1=O)C(c1ccccc1)C2(C#N)C#N. The van der Waals surface area contributed by atoms with Gasteiger partial charge in [-0.1, -0.05) is 30.3 Å². The summed E-state index contributed by atoms with van der Waals surface area (Å²) in [7, 11) is 2.49. The Hall–Kier alpha value is -3.19. The number of amides is 4. The standard InChI is InChI=1S/C16H12N4O3/c1-19-12(21)16(13(22)20(2)14(19)23)11(15(16,8-17)9-18)10-6-4-3-5-7-10/h3-7,11H,1-2H3. The van der Waals surface area contributed by atoms with Crippen molar-refractivity contribution in [2.24, 2.45) is 10.8 Å². The van der Waals surface area contributed by atoms with E-state index in [2.05, 4.69) is 0 Å². The van der Waals surface area contributed by atoms with Crippen LogP contribution in [0, 0.1) is 33.5 Å². The van der Waals surface area contributed by atoms with Crippen LogP contribution in [0.5, 0.6) is 0 Å². The average molecular weight is 308 g/mol. The fourth-order valence-electron chi connectivity index (χ4n) is 3.55. The van der Waals surface area contributed by atoms with Gasteiger partial charge in [-0.05, 0) is 5.56 Å². The van der Waals surface area contributed by atoms with Crippen LogP contribution in [-0.2, 0) is 9.59 Å². The van der Waals surface area contributed by atoms with Gasteiger partial charge in [0.1, 0.15) is 0 Å². The summed E-state index contributed by atoms with van der Waals surface area (Å²) >= 11 is 0. The Morgan fingerprint density at radius 3 is 1.87 bits per heavy atom. The van der Waals surface area contributed by atoms with E-state index in [9.17, 15) is 24.9 Å². The third-order valence-corrected chi connectivity index (χ3v) is 4.75. The van der Waals surface area contributed by atoms with Gasteiger partial charge in [0.15, 0.2) is 10.8 Å². The molecule has 2 fully saturated rings. The Labute approximate surface area is 132 Å². The van der Waals surface area contributed by atoms with Crippen molar-refractivity contribution >= 4 is 17.8 Å². The summed E-state index contributed by atoms with van der Waals surface area (Å²) in [4.78, 5) is 39.0. The lowest BCUT2D eigenvalue weighted by Gasteiger charge is -2.34. The van der Waals surface area contributed by atoms with Crippen LogP contribution in [0.4, 0.5) is 4.79 Å². The number of hydrogen-bond donors (Lipinski definition) is 0. The van der Waals surface area contributed by atoms with Gasteiger partial charge in [0, 0.05) is 20.0 Å². The first-order chi connectivity index (χ1) is 10.9. The van der Waals surface area contributed by atoms with Gasteiger partial charge in [-0.15, -0.1) is 0 Å². The van der Waals surface area contributed by atoms with Gasteiger partial charge in [-0.3, -0.25) is 19.4 Å². The number of urea groups is 1. The van der Waals surface area contributed by atoms with Crippen LogP contribution >= 0.6 is 0 Å². The number of barbiturate groups is 1. The zero-order valence-corrected chi connectivity index (χ0v) is 12.5. The normalized spacial score (nSPS) is 24.3. The highest BCUT2D eigenvalue weighted by Gasteiger charge is 2.89. The monoisotopic (exact) mass is 308 g/mol. The maximum atomic E-state index is 12.7. The zero-order valence-electron chi connectivity index (χ0n) is 12.5. The summed E-state index contributed by atoms with van der Waals surface area (Å²) in [5.41, 5.74) is -3.13. The second-order valence-corrected chi connectivity index (χ2v) is 5.69. The van der Waals surface area contributed by atoms with E-state index in [4.69, 9.17) is 0 Å². The molecule has 7 heteroatoms. The molecule has 1 aromatic carbocycles. The summed E-state index contributed by atoms with van der Waals surface area (Å²) in [6, 6.07) is 11.5. The molecule has 1 saturated heterocycles. The predicted octanol–water partition coefficient (Wildman–Crippen LogP) is 0.854. The molecule has 2 aliphatic rings. The highest BCUT2D eigenvalue weighted by atomic mass is 16.2. The molecule has 1 aliphatic heterocycles. The van der Waals surface area contributed by atoms with E-state index in [1.54, 1.807) is 30.3 Å². The molecule has 0 N–H and O–H groups in total. The topological polar surface area (TPSA) is 105 Å². The molecule has 1 aliphatic carbocycles. The molecular weight excluding hydrogens is 296 g/mol. The quantitative estimate of drug-likeness (QED) is 0.715. The summed E-state index contributed by atoms with van der Waals surface area (Å²) in [6.45, 7) is 0. The Bertz CT molecular complexity index is 780. The Balaban J connectivity index is 2.26. The lowest BCUT2D eigenvalue weighted by atomic mass is 9.90. The van der Waals surface area contributed by atoms with Crippen LogP contribution < -0.4 is 0 Å². The number of rotatable bonds is 1. The molecule has 4 amide bonds. The Morgan fingerprint density at radius 1 is 0.957 bits per heavy atom. The molecule has 3 rings (SSSR count). The second kappa shape index (κ2) is 4.40. The highest BCUT2D eigenvalue weighted by Crippen LogP contribution is 2.75. The molecule has 0 bridgehead atoms. The summed E-state index contributed by atoms with van der Waals surface area (Å²) in [5.74, 6) is -2.51. The fourth-order valence-corrected chi connectivity index (χ4v) is 3.55. The smallest absolute Gasteiger partial charge is 0.273 e. The van der Waals surface area contributed by atoms with E-state index >= 15 is 0 Å². The molecule has 1 aromatic rings. The van der Waals surface area contributed by atoms with Crippen molar-refractivity contribution in [1.82, 2.24) is 9.80 Å². The van der Waals surface area contributed by atoms with E-state index in [0.29, 0.717) is 5.56 Å². The number of imide groups is 2. The first-order valence-electron chi connectivity index (χ1n) is 6.88. The van der Waals surface area contributed by atoms with E-state index in [1.807, 2.05) is 12.1 Å². The van der Waals surface area contributed by atoms with Gasteiger partial charge < -0.3 is 0 Å². The van der Waals surface area contributed by atoms with Gasteiger partial charge >= 0.3 is 6.03 Å². The molecule has 1 heterocycles. The minimum absolute atomic E-state index is 0.549. The van der Waals surface area contributed by atoms with E-state index in [-0.39, 0.29) is 0 Å². The van der Waals surface area contributed by atoms with Crippen molar-refractivity contribution in [1.29, 1.82) is 10.5 Å². The van der Waals surface area contributed by atoms with Crippen molar-refractivity contribution in [3.63, 3.8) is 0 Å². The van der Waals surface area contributed by atoms with E-state index in [0.717, 1.165) is 9.80 Å². The minimum atomic E-state index is -1.87. The second-order valence-electron chi connectivity index (χ2n) is 5.69. The van der Waals surface area contributed by atoms with Crippen molar-refractivity contribution in [3.8, 4) is 12.1 Å². The number of hydrogen-bond acceptors (Lipinski definition) is 5. The molecular formula is C16H12N4O3. The Kier molecular flexibility index (Phi) is 2.82. The first kappa shape index (κ1) is 14.7. The Morgan fingerprint density at radius 2 is 1.43 bits per heavy atom. The van der Waals surface area contributed by atoms with Gasteiger partial charge in [0.2, 0.25) is 11.8 Å². The van der Waals surface area contributed by atoms with Crippen molar-refractivity contribution in [2.45, 2.75) is 5.92 Å². The first-order valence-corrected chi connectivity index (χ1v) is 6.88. The molecule has 7 nitrogen and oxygen atoms in total. The number of carbonyl (C=O) groups excluding carboxylic acids is 3. The van der Waals surface area contributed by atoms with Crippen LogP contribution in [0.25, 0.3) is 0 Å². The van der Waals surface area contributed by atoms with Crippen LogP contribution in [0.2, 0.25) is 0 Å². The van der Waals surface area contributed by atoms with Gasteiger partial charge in [0.05, 0.1) is 12.1 Å². The summed E-state index contributed by atoms with van der Waals surface area (Å²) in [6.07, 6.45) is 0. The molecule has 114 valence electrons. The van der Waals surface area contributed by atoms with E-state index in [1.165, 1.54) is 14.1 Å². The molecule has 1 spiro atoms. The van der Waals surface area contributed by atoms with Crippen LogP contribution in [0.15, 0.2) is 30.3 Å². The third-order valence-electron chi connectivity index (χ3n) is 4.75. The van der Waals surface area contributed by atoms with Gasteiger partial charge in [-0.2, -0.15) is 10.5 Å². The van der Waals surface area contributed by atoms with Crippen molar-refractivity contribution < 1.29 is 14.4 Å². The number of nitrogens with zero attached hydrogens (tertiary/aromatic N) is 4. The van der Waals surface area contributed by atoms with Crippen LogP contribution in [0.1, 0.15) is 11.5 Å². The largest absolute Gasteiger partial charge is 0.332 e. The lowest BCUT2D eigenvalue weighted by Crippen LogP contribution is -2.59. The zero-order chi connectivity index (χ0) is 17.0. The van der Waals surface area contributed by atoms with Gasteiger partial charge in [0.25, 0.3) is 0 Å². The number of nitriles is 2. The maximum absolute atomic E-state index is 12.7. The molecule has 0 aromatic heterocycles. The van der Waals surface area contributed by atoms with Crippen molar-refractivity contribution in [3.05, 3.63) is 35.9 Å². The maximum Gasteiger partial charge on any atom is 0.332 e. The molecule has 0 radical (unpaired) electrons. The van der Waals surface area contributed by atoms with Gasteiger partial charge in [-0.25, -0.2) is 4.79 Å². The fraction of sp³-hybridized carbons (Fsp3) is 0.312. The minimum Gasteiger partial charge on any atom is -0.273 e.